The second kappa shape index (κ2) is 7.78. The summed E-state index contributed by atoms with van der Waals surface area (Å²) in [5.74, 6) is -0.151. The Morgan fingerprint density at radius 1 is 0.971 bits per heavy atom. The number of carbonyl (C=O) groups excluding carboxylic acids is 2. The molecule has 3 aromatic carbocycles. The quantitative estimate of drug-likeness (QED) is 0.420. The topological polar surface area (TPSA) is 49.4 Å². The van der Waals surface area contributed by atoms with Gasteiger partial charge in [-0.2, -0.15) is 0 Å². The number of para-hydroxylation sites is 1. The Hall–Kier alpha value is -3.50. The van der Waals surface area contributed by atoms with E-state index in [9.17, 15) is 9.59 Å². The van der Waals surface area contributed by atoms with Crippen molar-refractivity contribution in [3.63, 3.8) is 0 Å². The highest BCUT2D eigenvalue weighted by Gasteiger charge is 2.53. The third-order valence-corrected chi connectivity index (χ3v) is 7.89. The maximum Gasteiger partial charge on any atom is 0.259 e. The highest BCUT2D eigenvalue weighted by molar-refractivity contribution is 6.27. The second-order valence-electron chi connectivity index (χ2n) is 9.88. The monoisotopic (exact) mass is 448 g/mol. The van der Waals surface area contributed by atoms with Gasteiger partial charge in [-0.3, -0.25) is 9.59 Å². The van der Waals surface area contributed by atoms with Crippen LogP contribution in [0.2, 0.25) is 0 Å². The van der Waals surface area contributed by atoms with Crippen molar-refractivity contribution in [3.05, 3.63) is 101 Å². The Morgan fingerprint density at radius 2 is 1.65 bits per heavy atom. The number of anilines is 1. The molecule has 0 radical (unpaired) electrons. The standard InChI is InChI=1S/C30H28N2O2/c1-19(2)18-26-30(14-16-31-17-15-30)24-12-5-6-13-25(24)32(26)29(34)23-11-7-10-21-20-8-3-4-9-22(20)28(33)27(21)23/h3-13,26,31H,1,14-18H2,2H3/t26-/m1/s1. The Labute approximate surface area is 200 Å². The lowest BCUT2D eigenvalue weighted by Crippen LogP contribution is -2.52. The molecule has 1 amide bonds. The van der Waals surface area contributed by atoms with Crippen LogP contribution < -0.4 is 10.2 Å². The second-order valence-corrected chi connectivity index (χ2v) is 9.88. The fourth-order valence-electron chi connectivity index (χ4n) is 6.42. The summed E-state index contributed by atoms with van der Waals surface area (Å²) in [6.07, 6.45) is 2.69. The van der Waals surface area contributed by atoms with E-state index >= 15 is 0 Å². The molecule has 4 nitrogen and oxygen atoms in total. The minimum absolute atomic E-state index is 0.0215. The smallest absolute Gasteiger partial charge is 0.259 e. The normalized spacial score (nSPS) is 19.6. The molecule has 2 heterocycles. The number of amides is 1. The molecule has 6 rings (SSSR count). The van der Waals surface area contributed by atoms with E-state index < -0.39 is 0 Å². The van der Waals surface area contributed by atoms with Gasteiger partial charge < -0.3 is 10.2 Å². The molecular formula is C30H28N2O2. The van der Waals surface area contributed by atoms with Gasteiger partial charge in [-0.1, -0.05) is 60.2 Å². The molecule has 1 saturated heterocycles. The third kappa shape index (κ3) is 2.88. The maximum absolute atomic E-state index is 14.4. The van der Waals surface area contributed by atoms with Gasteiger partial charge in [0, 0.05) is 22.2 Å². The maximum atomic E-state index is 14.4. The molecule has 1 fully saturated rings. The lowest BCUT2D eigenvalue weighted by atomic mass is 9.68. The molecule has 1 N–H and O–H groups in total. The number of benzene rings is 3. The molecular weight excluding hydrogens is 420 g/mol. The third-order valence-electron chi connectivity index (χ3n) is 7.89. The van der Waals surface area contributed by atoms with Gasteiger partial charge in [0.05, 0.1) is 11.6 Å². The van der Waals surface area contributed by atoms with E-state index in [0.29, 0.717) is 16.7 Å². The van der Waals surface area contributed by atoms with Crippen molar-refractivity contribution < 1.29 is 9.59 Å². The van der Waals surface area contributed by atoms with E-state index in [1.54, 1.807) is 0 Å². The number of fused-ring (bicyclic) bond motifs is 5. The average molecular weight is 449 g/mol. The van der Waals surface area contributed by atoms with Crippen LogP contribution in [0, 0.1) is 0 Å². The van der Waals surface area contributed by atoms with Crippen LogP contribution in [0.25, 0.3) is 11.1 Å². The molecule has 0 bridgehead atoms. The summed E-state index contributed by atoms with van der Waals surface area (Å²) in [4.78, 5) is 29.8. The molecule has 2 aliphatic heterocycles. The average Bonchev–Trinajstić information content (AvgIpc) is 3.29. The van der Waals surface area contributed by atoms with E-state index in [1.165, 1.54) is 5.56 Å². The largest absolute Gasteiger partial charge is 0.317 e. The number of nitrogens with zero attached hydrogens (tertiary/aromatic N) is 1. The molecule has 0 aromatic heterocycles. The first-order valence-electron chi connectivity index (χ1n) is 12.1. The summed E-state index contributed by atoms with van der Waals surface area (Å²) in [6.45, 7) is 8.11. The molecule has 1 spiro atoms. The van der Waals surface area contributed by atoms with Crippen LogP contribution in [0.5, 0.6) is 0 Å². The van der Waals surface area contributed by atoms with E-state index in [4.69, 9.17) is 0 Å². The first-order valence-corrected chi connectivity index (χ1v) is 12.1. The Morgan fingerprint density at radius 3 is 2.41 bits per heavy atom. The van der Waals surface area contributed by atoms with Crippen molar-refractivity contribution in [2.45, 2.75) is 37.6 Å². The lowest BCUT2D eigenvalue weighted by molar-refractivity contribution is 0.0952. The van der Waals surface area contributed by atoms with Gasteiger partial charge >= 0.3 is 0 Å². The molecule has 4 heteroatoms. The Kier molecular flexibility index (Phi) is 4.82. The number of carbonyl (C=O) groups is 2. The molecule has 34 heavy (non-hydrogen) atoms. The molecule has 170 valence electrons. The molecule has 1 aliphatic carbocycles. The summed E-state index contributed by atoms with van der Waals surface area (Å²) < 4.78 is 0. The van der Waals surface area contributed by atoms with E-state index in [2.05, 4.69) is 30.1 Å². The summed E-state index contributed by atoms with van der Waals surface area (Å²) in [5.41, 5.74) is 6.64. The Balaban J connectivity index is 1.52. The summed E-state index contributed by atoms with van der Waals surface area (Å²) in [6, 6.07) is 21.6. The zero-order valence-electron chi connectivity index (χ0n) is 19.4. The van der Waals surface area contributed by atoms with Crippen LogP contribution in [0.15, 0.2) is 78.9 Å². The van der Waals surface area contributed by atoms with Crippen LogP contribution in [0.1, 0.15) is 58.0 Å². The van der Waals surface area contributed by atoms with Crippen molar-refractivity contribution in [2.24, 2.45) is 0 Å². The predicted octanol–water partition coefficient (Wildman–Crippen LogP) is 5.51. The van der Waals surface area contributed by atoms with Gasteiger partial charge in [-0.05, 0) is 68.1 Å². The van der Waals surface area contributed by atoms with E-state index in [1.807, 2.05) is 60.4 Å². The SMILES string of the molecule is C=C(C)C[C@H]1N(C(=O)c2cccc3c2C(=O)c2ccccc2-3)c2ccccc2C12CCNCC2. The van der Waals surface area contributed by atoms with E-state index in [-0.39, 0.29) is 23.1 Å². The highest BCUT2D eigenvalue weighted by Crippen LogP contribution is 2.52. The molecule has 0 saturated carbocycles. The van der Waals surface area contributed by atoms with Crippen LogP contribution in [0.4, 0.5) is 5.69 Å². The summed E-state index contributed by atoms with van der Waals surface area (Å²) in [5, 5.41) is 3.50. The van der Waals surface area contributed by atoms with Gasteiger partial charge in [0.2, 0.25) is 0 Å². The number of hydrogen-bond acceptors (Lipinski definition) is 3. The van der Waals surface area contributed by atoms with Crippen LogP contribution in [-0.4, -0.2) is 30.8 Å². The number of rotatable bonds is 3. The summed E-state index contributed by atoms with van der Waals surface area (Å²) in [7, 11) is 0. The van der Waals surface area contributed by atoms with Crippen LogP contribution in [-0.2, 0) is 5.41 Å². The minimum atomic E-state index is -0.110. The number of hydrogen-bond donors (Lipinski definition) is 1. The zero-order chi connectivity index (χ0) is 23.4. The Bertz CT molecular complexity index is 1350. The van der Waals surface area contributed by atoms with Gasteiger partial charge in [-0.25, -0.2) is 0 Å². The molecule has 3 aliphatic rings. The number of piperidine rings is 1. The van der Waals surface area contributed by atoms with E-state index in [0.717, 1.165) is 54.7 Å². The first-order chi connectivity index (χ1) is 16.5. The molecule has 3 aromatic rings. The number of ketones is 1. The van der Waals surface area contributed by atoms with Gasteiger partial charge in [-0.15, -0.1) is 6.58 Å². The number of nitrogens with one attached hydrogen (secondary N) is 1. The fraction of sp³-hybridized carbons (Fsp3) is 0.267. The van der Waals surface area contributed by atoms with Crippen molar-refractivity contribution in [2.75, 3.05) is 18.0 Å². The predicted molar refractivity (Wildman–Crippen MR) is 136 cm³/mol. The highest BCUT2D eigenvalue weighted by atomic mass is 16.2. The fourth-order valence-corrected chi connectivity index (χ4v) is 6.42. The lowest BCUT2D eigenvalue weighted by Gasteiger charge is -2.42. The van der Waals surface area contributed by atoms with Gasteiger partial charge in [0.15, 0.2) is 5.78 Å². The van der Waals surface area contributed by atoms with Crippen molar-refractivity contribution in [1.29, 1.82) is 0 Å². The van der Waals surface area contributed by atoms with Crippen molar-refractivity contribution >= 4 is 17.4 Å². The van der Waals surface area contributed by atoms with Gasteiger partial charge in [0.25, 0.3) is 5.91 Å². The van der Waals surface area contributed by atoms with Crippen LogP contribution >= 0.6 is 0 Å². The van der Waals surface area contributed by atoms with Crippen molar-refractivity contribution in [3.8, 4) is 11.1 Å². The summed E-state index contributed by atoms with van der Waals surface area (Å²) >= 11 is 0. The zero-order valence-corrected chi connectivity index (χ0v) is 19.4. The van der Waals surface area contributed by atoms with Crippen LogP contribution in [0.3, 0.4) is 0 Å². The minimum Gasteiger partial charge on any atom is -0.317 e. The first kappa shape index (κ1) is 21.1. The van der Waals surface area contributed by atoms with Gasteiger partial charge in [0.1, 0.15) is 0 Å². The molecule has 1 atom stereocenters. The molecule has 0 unspecified atom stereocenters. The van der Waals surface area contributed by atoms with Crippen molar-refractivity contribution in [1.82, 2.24) is 5.32 Å².